The highest BCUT2D eigenvalue weighted by atomic mass is 16.1. The van der Waals surface area contributed by atoms with Gasteiger partial charge in [-0.1, -0.05) is 20.3 Å². The summed E-state index contributed by atoms with van der Waals surface area (Å²) in [6.45, 7) is 7.88. The molecule has 0 N–H and O–H groups in total. The van der Waals surface area contributed by atoms with Gasteiger partial charge in [-0.25, -0.2) is 0 Å². The van der Waals surface area contributed by atoms with E-state index in [1.807, 2.05) is 0 Å². The molecule has 0 atom stereocenters. The van der Waals surface area contributed by atoms with E-state index in [-0.39, 0.29) is 5.41 Å². The number of likely N-dealkylation sites (tertiary alicyclic amines) is 1. The van der Waals surface area contributed by atoms with Crippen molar-refractivity contribution in [2.75, 3.05) is 19.6 Å². The number of hydrogen-bond acceptors (Lipinski definition) is 2. The Morgan fingerprint density at radius 2 is 1.85 bits per heavy atom. The fourth-order valence-corrected chi connectivity index (χ4v) is 2.01. The number of piperidine rings is 1. The van der Waals surface area contributed by atoms with E-state index in [0.29, 0.717) is 6.42 Å². The molecule has 0 saturated carbocycles. The highest BCUT2D eigenvalue weighted by molar-refractivity contribution is 5.50. The molecule has 1 aliphatic rings. The van der Waals surface area contributed by atoms with Crippen molar-refractivity contribution >= 4 is 6.29 Å². The summed E-state index contributed by atoms with van der Waals surface area (Å²) in [5.41, 5.74) is 0.166. The molecule has 0 aliphatic carbocycles. The molecule has 1 saturated heterocycles. The van der Waals surface area contributed by atoms with Crippen LogP contribution in [-0.4, -0.2) is 30.8 Å². The molecule has 1 rings (SSSR count). The first-order valence-corrected chi connectivity index (χ1v) is 5.30. The summed E-state index contributed by atoms with van der Waals surface area (Å²) >= 11 is 0. The fraction of sp³-hybridized carbons (Fsp3) is 0.909. The minimum atomic E-state index is 0.166. The number of nitrogens with zero attached hydrogens (tertiary/aromatic N) is 1. The second kappa shape index (κ2) is 4.75. The van der Waals surface area contributed by atoms with Gasteiger partial charge in [0.2, 0.25) is 0 Å². The van der Waals surface area contributed by atoms with Crippen molar-refractivity contribution in [1.29, 1.82) is 0 Å². The molecular weight excluding hydrogens is 162 g/mol. The van der Waals surface area contributed by atoms with Gasteiger partial charge in [-0.3, -0.25) is 0 Å². The van der Waals surface area contributed by atoms with Crippen molar-refractivity contribution < 1.29 is 4.79 Å². The topological polar surface area (TPSA) is 20.3 Å². The van der Waals surface area contributed by atoms with Crippen LogP contribution in [0.2, 0.25) is 0 Å². The predicted molar refractivity (Wildman–Crippen MR) is 54.8 cm³/mol. The van der Waals surface area contributed by atoms with Crippen LogP contribution < -0.4 is 0 Å². The summed E-state index contributed by atoms with van der Waals surface area (Å²) in [7, 11) is 0. The highest BCUT2D eigenvalue weighted by Crippen LogP contribution is 2.22. The molecule has 13 heavy (non-hydrogen) atoms. The van der Waals surface area contributed by atoms with E-state index in [2.05, 4.69) is 18.7 Å². The molecule has 1 aliphatic heterocycles. The molecule has 0 aromatic heterocycles. The van der Waals surface area contributed by atoms with E-state index in [1.165, 1.54) is 32.4 Å². The predicted octanol–water partition coefficient (Wildman–Crippen LogP) is 2.09. The SMILES string of the molecule is CC(C)(CC=O)CN1CCCCC1. The van der Waals surface area contributed by atoms with Gasteiger partial charge in [0.05, 0.1) is 0 Å². The first-order valence-electron chi connectivity index (χ1n) is 5.30. The lowest BCUT2D eigenvalue weighted by molar-refractivity contribution is -0.109. The third-order valence-corrected chi connectivity index (χ3v) is 2.74. The van der Waals surface area contributed by atoms with Crippen LogP contribution in [0.5, 0.6) is 0 Å². The van der Waals surface area contributed by atoms with Crippen molar-refractivity contribution in [1.82, 2.24) is 4.90 Å². The number of carbonyl (C=O) groups is 1. The van der Waals surface area contributed by atoms with E-state index < -0.39 is 0 Å². The third-order valence-electron chi connectivity index (χ3n) is 2.74. The summed E-state index contributed by atoms with van der Waals surface area (Å²) in [5.74, 6) is 0. The molecule has 0 spiro atoms. The molecule has 1 fully saturated rings. The highest BCUT2D eigenvalue weighted by Gasteiger charge is 2.22. The smallest absolute Gasteiger partial charge is 0.120 e. The van der Waals surface area contributed by atoms with E-state index >= 15 is 0 Å². The van der Waals surface area contributed by atoms with Gasteiger partial charge in [0.1, 0.15) is 6.29 Å². The Morgan fingerprint density at radius 1 is 1.23 bits per heavy atom. The van der Waals surface area contributed by atoms with Crippen LogP contribution in [0.3, 0.4) is 0 Å². The average Bonchev–Trinajstić information content (AvgIpc) is 2.04. The largest absolute Gasteiger partial charge is 0.303 e. The van der Waals surface area contributed by atoms with Gasteiger partial charge in [0.15, 0.2) is 0 Å². The second-order valence-electron chi connectivity index (χ2n) is 4.87. The van der Waals surface area contributed by atoms with Gasteiger partial charge in [-0.05, 0) is 31.3 Å². The van der Waals surface area contributed by atoms with E-state index in [1.54, 1.807) is 0 Å². The van der Waals surface area contributed by atoms with Gasteiger partial charge >= 0.3 is 0 Å². The molecule has 0 aromatic carbocycles. The van der Waals surface area contributed by atoms with E-state index in [0.717, 1.165) is 12.8 Å². The van der Waals surface area contributed by atoms with Gasteiger partial charge in [0, 0.05) is 13.0 Å². The zero-order valence-electron chi connectivity index (χ0n) is 8.88. The molecular formula is C11H21NO. The monoisotopic (exact) mass is 183 g/mol. The van der Waals surface area contributed by atoms with Crippen molar-refractivity contribution in [3.05, 3.63) is 0 Å². The minimum absolute atomic E-state index is 0.166. The van der Waals surface area contributed by atoms with Gasteiger partial charge < -0.3 is 9.69 Å². The van der Waals surface area contributed by atoms with Crippen molar-refractivity contribution in [3.8, 4) is 0 Å². The molecule has 2 nitrogen and oxygen atoms in total. The van der Waals surface area contributed by atoms with Crippen molar-refractivity contribution in [2.45, 2.75) is 39.5 Å². The Hall–Kier alpha value is -0.370. The minimum Gasteiger partial charge on any atom is -0.303 e. The summed E-state index contributed by atoms with van der Waals surface area (Å²) < 4.78 is 0. The third kappa shape index (κ3) is 3.90. The Morgan fingerprint density at radius 3 is 2.38 bits per heavy atom. The van der Waals surface area contributed by atoms with Crippen LogP contribution in [0.4, 0.5) is 0 Å². The molecule has 0 unspecified atom stereocenters. The maximum Gasteiger partial charge on any atom is 0.120 e. The quantitative estimate of drug-likeness (QED) is 0.622. The van der Waals surface area contributed by atoms with Crippen molar-refractivity contribution in [2.24, 2.45) is 5.41 Å². The maximum absolute atomic E-state index is 10.4. The Kier molecular flexibility index (Phi) is 3.91. The Bertz CT molecular complexity index is 159. The zero-order chi connectivity index (χ0) is 9.73. The molecule has 1 heterocycles. The molecule has 0 aromatic rings. The van der Waals surface area contributed by atoms with E-state index in [4.69, 9.17) is 0 Å². The first kappa shape index (κ1) is 10.7. The molecule has 76 valence electrons. The van der Waals surface area contributed by atoms with Crippen LogP contribution in [0.15, 0.2) is 0 Å². The normalized spacial score (nSPS) is 20.2. The molecule has 0 radical (unpaired) electrons. The van der Waals surface area contributed by atoms with Crippen molar-refractivity contribution in [3.63, 3.8) is 0 Å². The molecule has 0 amide bonds. The lowest BCUT2D eigenvalue weighted by atomic mass is 9.89. The number of hydrogen-bond donors (Lipinski definition) is 0. The summed E-state index contributed by atoms with van der Waals surface area (Å²) in [6.07, 6.45) is 5.77. The van der Waals surface area contributed by atoms with Gasteiger partial charge in [-0.2, -0.15) is 0 Å². The van der Waals surface area contributed by atoms with Crippen LogP contribution in [-0.2, 0) is 4.79 Å². The molecule has 0 bridgehead atoms. The van der Waals surface area contributed by atoms with Gasteiger partial charge in [0.25, 0.3) is 0 Å². The zero-order valence-corrected chi connectivity index (χ0v) is 8.88. The summed E-state index contributed by atoms with van der Waals surface area (Å²) in [5, 5.41) is 0. The Labute approximate surface area is 81.3 Å². The molecule has 2 heteroatoms. The summed E-state index contributed by atoms with van der Waals surface area (Å²) in [6, 6.07) is 0. The van der Waals surface area contributed by atoms with Crippen LogP contribution in [0, 0.1) is 5.41 Å². The number of aldehydes is 1. The lowest BCUT2D eigenvalue weighted by Gasteiger charge is -2.33. The van der Waals surface area contributed by atoms with Crippen LogP contribution >= 0.6 is 0 Å². The van der Waals surface area contributed by atoms with Gasteiger partial charge in [-0.15, -0.1) is 0 Å². The first-order chi connectivity index (χ1) is 6.14. The Balaban J connectivity index is 2.32. The maximum atomic E-state index is 10.4. The standard InChI is InChI=1S/C11H21NO/c1-11(2,6-9-13)10-12-7-4-3-5-8-12/h9H,3-8,10H2,1-2H3. The second-order valence-corrected chi connectivity index (χ2v) is 4.87. The van der Waals surface area contributed by atoms with Crippen LogP contribution in [0.25, 0.3) is 0 Å². The fourth-order valence-electron chi connectivity index (χ4n) is 2.01. The lowest BCUT2D eigenvalue weighted by Crippen LogP contribution is -2.37. The number of carbonyl (C=O) groups excluding carboxylic acids is 1. The number of rotatable bonds is 4. The summed E-state index contributed by atoms with van der Waals surface area (Å²) in [4.78, 5) is 12.9. The van der Waals surface area contributed by atoms with Crippen LogP contribution in [0.1, 0.15) is 39.5 Å². The van der Waals surface area contributed by atoms with E-state index in [9.17, 15) is 4.79 Å². The average molecular weight is 183 g/mol.